The Bertz CT molecular complexity index is 582. The van der Waals surface area contributed by atoms with Gasteiger partial charge in [0.2, 0.25) is 0 Å². The molecular weight excluding hydrogens is 260 g/mol. The summed E-state index contributed by atoms with van der Waals surface area (Å²) in [4.78, 5) is 15.8. The molecular formula is C15H13ClN2O. The van der Waals surface area contributed by atoms with Crippen molar-refractivity contribution in [3.63, 3.8) is 0 Å². The molecule has 2 rings (SSSR count). The molecule has 0 saturated carbocycles. The fourth-order valence-electron chi connectivity index (χ4n) is 1.61. The van der Waals surface area contributed by atoms with Gasteiger partial charge >= 0.3 is 0 Å². The number of nitrogens with two attached hydrogens (primary N) is 1. The highest BCUT2D eigenvalue weighted by atomic mass is 35.5. The van der Waals surface area contributed by atoms with Crippen molar-refractivity contribution in [1.82, 2.24) is 0 Å². The molecule has 3 nitrogen and oxygen atoms in total. The van der Waals surface area contributed by atoms with E-state index in [-0.39, 0.29) is 5.84 Å². The second kappa shape index (κ2) is 6.16. The molecule has 0 aliphatic carbocycles. The molecule has 1 unspecified atom stereocenters. The lowest BCUT2D eigenvalue weighted by atomic mass is 10.1. The SMILES string of the molecule is NC(=NC(=O)C(Cl)c1ccccc1)c1ccccc1. The molecule has 0 aliphatic rings. The number of carbonyl (C=O) groups is 1. The predicted molar refractivity (Wildman–Crippen MR) is 77.2 cm³/mol. The number of carbonyl (C=O) groups excluding carboxylic acids is 1. The van der Waals surface area contributed by atoms with Crippen LogP contribution >= 0.6 is 11.6 Å². The maximum atomic E-state index is 11.9. The lowest BCUT2D eigenvalue weighted by molar-refractivity contribution is -0.117. The zero-order valence-corrected chi connectivity index (χ0v) is 10.9. The maximum Gasteiger partial charge on any atom is 0.270 e. The molecule has 0 spiro atoms. The van der Waals surface area contributed by atoms with Crippen LogP contribution in [0.25, 0.3) is 0 Å². The minimum atomic E-state index is -0.816. The smallest absolute Gasteiger partial charge is 0.270 e. The van der Waals surface area contributed by atoms with Gasteiger partial charge in [0.25, 0.3) is 5.91 Å². The molecule has 0 heterocycles. The quantitative estimate of drug-likeness (QED) is 0.531. The zero-order valence-electron chi connectivity index (χ0n) is 10.2. The van der Waals surface area contributed by atoms with Crippen molar-refractivity contribution in [3.05, 3.63) is 71.8 Å². The summed E-state index contributed by atoms with van der Waals surface area (Å²) in [5, 5.41) is -0.816. The van der Waals surface area contributed by atoms with E-state index in [0.717, 1.165) is 0 Å². The van der Waals surface area contributed by atoms with Crippen LogP contribution < -0.4 is 5.73 Å². The van der Waals surface area contributed by atoms with Crippen LogP contribution in [0.4, 0.5) is 0 Å². The monoisotopic (exact) mass is 272 g/mol. The Morgan fingerprint density at radius 3 is 2.11 bits per heavy atom. The summed E-state index contributed by atoms with van der Waals surface area (Å²) in [5.41, 5.74) is 7.19. The van der Waals surface area contributed by atoms with Gasteiger partial charge in [0.15, 0.2) is 0 Å². The fraction of sp³-hybridized carbons (Fsp3) is 0.0667. The van der Waals surface area contributed by atoms with Gasteiger partial charge in [-0.3, -0.25) is 4.79 Å². The molecule has 1 amide bonds. The molecule has 0 saturated heterocycles. The molecule has 2 aromatic rings. The Morgan fingerprint density at radius 2 is 1.53 bits per heavy atom. The largest absolute Gasteiger partial charge is 0.383 e. The lowest BCUT2D eigenvalue weighted by Crippen LogP contribution is -2.17. The third kappa shape index (κ3) is 3.42. The number of hydrogen-bond donors (Lipinski definition) is 1. The second-order valence-corrected chi connectivity index (χ2v) is 4.41. The van der Waals surface area contributed by atoms with E-state index in [1.54, 1.807) is 24.3 Å². The Morgan fingerprint density at radius 1 is 1.00 bits per heavy atom. The number of nitrogens with zero attached hydrogens (tertiary/aromatic N) is 1. The molecule has 1 atom stereocenters. The number of rotatable bonds is 3. The van der Waals surface area contributed by atoms with Crippen LogP contribution in [0.15, 0.2) is 65.7 Å². The molecule has 19 heavy (non-hydrogen) atoms. The van der Waals surface area contributed by atoms with Crippen LogP contribution in [0.3, 0.4) is 0 Å². The maximum absolute atomic E-state index is 11.9. The molecule has 0 bridgehead atoms. The molecule has 0 aliphatic heterocycles. The molecule has 0 fully saturated rings. The highest BCUT2D eigenvalue weighted by molar-refractivity contribution is 6.31. The van der Waals surface area contributed by atoms with E-state index in [2.05, 4.69) is 4.99 Å². The Labute approximate surface area is 116 Å². The minimum absolute atomic E-state index is 0.173. The first-order valence-corrected chi connectivity index (χ1v) is 6.24. The number of benzene rings is 2. The van der Waals surface area contributed by atoms with Crippen LogP contribution in [-0.4, -0.2) is 11.7 Å². The number of hydrogen-bond acceptors (Lipinski definition) is 1. The number of halogens is 1. The van der Waals surface area contributed by atoms with Gasteiger partial charge in [0, 0.05) is 5.56 Å². The van der Waals surface area contributed by atoms with Crippen LogP contribution in [0.5, 0.6) is 0 Å². The summed E-state index contributed by atoms with van der Waals surface area (Å²) < 4.78 is 0. The highest BCUT2D eigenvalue weighted by Crippen LogP contribution is 2.21. The number of alkyl halides is 1. The topological polar surface area (TPSA) is 55.4 Å². The standard InChI is InChI=1S/C15H13ClN2O/c16-13(11-7-3-1-4-8-11)15(19)18-14(17)12-9-5-2-6-10-12/h1-10,13H,(H2,17,18,19). The molecule has 2 N–H and O–H groups in total. The average Bonchev–Trinajstić information content (AvgIpc) is 2.48. The second-order valence-electron chi connectivity index (χ2n) is 3.97. The number of amides is 1. The summed E-state index contributed by atoms with van der Waals surface area (Å²) >= 11 is 6.08. The Hall–Kier alpha value is -2.13. The molecule has 2 aromatic carbocycles. The van der Waals surface area contributed by atoms with Crippen LogP contribution in [-0.2, 0) is 4.79 Å². The lowest BCUT2D eigenvalue weighted by Gasteiger charge is -2.06. The van der Waals surface area contributed by atoms with Gasteiger partial charge < -0.3 is 5.73 Å². The number of aliphatic imine (C=N–C) groups is 1. The summed E-state index contributed by atoms with van der Waals surface area (Å²) in [6.07, 6.45) is 0. The average molecular weight is 273 g/mol. The third-order valence-electron chi connectivity index (χ3n) is 2.61. The van der Waals surface area contributed by atoms with Gasteiger partial charge in [-0.1, -0.05) is 60.7 Å². The van der Waals surface area contributed by atoms with E-state index in [1.165, 1.54) is 0 Å². The molecule has 96 valence electrons. The van der Waals surface area contributed by atoms with E-state index < -0.39 is 11.3 Å². The minimum Gasteiger partial charge on any atom is -0.383 e. The predicted octanol–water partition coefficient (Wildman–Crippen LogP) is 2.90. The van der Waals surface area contributed by atoms with Crippen molar-refractivity contribution in [1.29, 1.82) is 0 Å². The van der Waals surface area contributed by atoms with E-state index >= 15 is 0 Å². The zero-order chi connectivity index (χ0) is 13.7. The summed E-state index contributed by atoms with van der Waals surface area (Å²) in [6.45, 7) is 0. The first kappa shape index (κ1) is 13.3. The van der Waals surface area contributed by atoms with Crippen LogP contribution in [0, 0.1) is 0 Å². The number of amidine groups is 1. The van der Waals surface area contributed by atoms with Gasteiger partial charge in [-0.15, -0.1) is 11.6 Å². The van der Waals surface area contributed by atoms with Crippen molar-refractivity contribution in [2.75, 3.05) is 0 Å². The van der Waals surface area contributed by atoms with Gasteiger partial charge in [-0.05, 0) is 5.56 Å². The van der Waals surface area contributed by atoms with Crippen molar-refractivity contribution in [2.24, 2.45) is 10.7 Å². The van der Waals surface area contributed by atoms with Crippen molar-refractivity contribution < 1.29 is 4.79 Å². The van der Waals surface area contributed by atoms with Gasteiger partial charge in [-0.2, -0.15) is 4.99 Å². The third-order valence-corrected chi connectivity index (χ3v) is 3.05. The van der Waals surface area contributed by atoms with Crippen LogP contribution in [0.1, 0.15) is 16.5 Å². The summed E-state index contributed by atoms with van der Waals surface area (Å²) in [5.74, 6) is -0.290. The normalized spacial score (nSPS) is 13.0. The van der Waals surface area contributed by atoms with E-state index in [4.69, 9.17) is 17.3 Å². The Kier molecular flexibility index (Phi) is 4.31. The van der Waals surface area contributed by atoms with Gasteiger partial charge in [0.1, 0.15) is 11.2 Å². The van der Waals surface area contributed by atoms with Crippen molar-refractivity contribution >= 4 is 23.3 Å². The molecule has 4 heteroatoms. The van der Waals surface area contributed by atoms with Gasteiger partial charge in [-0.25, -0.2) is 0 Å². The van der Waals surface area contributed by atoms with Crippen molar-refractivity contribution in [3.8, 4) is 0 Å². The first-order chi connectivity index (χ1) is 9.18. The molecule has 0 radical (unpaired) electrons. The van der Waals surface area contributed by atoms with E-state index in [1.807, 2.05) is 36.4 Å². The molecule has 0 aromatic heterocycles. The summed E-state index contributed by atoms with van der Waals surface area (Å²) in [6, 6.07) is 18.2. The van der Waals surface area contributed by atoms with Gasteiger partial charge in [0.05, 0.1) is 0 Å². The Balaban J connectivity index is 2.17. The van der Waals surface area contributed by atoms with E-state index in [0.29, 0.717) is 11.1 Å². The summed E-state index contributed by atoms with van der Waals surface area (Å²) in [7, 11) is 0. The first-order valence-electron chi connectivity index (χ1n) is 5.81. The highest BCUT2D eigenvalue weighted by Gasteiger charge is 2.17. The van der Waals surface area contributed by atoms with Crippen LogP contribution in [0.2, 0.25) is 0 Å². The van der Waals surface area contributed by atoms with E-state index in [9.17, 15) is 4.79 Å². The van der Waals surface area contributed by atoms with Crippen molar-refractivity contribution in [2.45, 2.75) is 5.38 Å². The fourth-order valence-corrected chi connectivity index (χ4v) is 1.81.